The molecule has 5 nitrogen and oxygen atoms in total. The average molecular weight is 286 g/mol. The van der Waals surface area contributed by atoms with Crippen LogP contribution < -0.4 is 5.56 Å². The summed E-state index contributed by atoms with van der Waals surface area (Å²) in [4.78, 5) is 23.5. The predicted molar refractivity (Wildman–Crippen MR) is 77.6 cm³/mol. The van der Waals surface area contributed by atoms with E-state index in [9.17, 15) is 9.18 Å². The Kier molecular flexibility index (Phi) is 3.51. The molecule has 0 aliphatic heterocycles. The molecule has 0 atom stereocenters. The van der Waals surface area contributed by atoms with Crippen molar-refractivity contribution in [1.82, 2.24) is 19.5 Å². The van der Waals surface area contributed by atoms with Gasteiger partial charge in [0.05, 0.1) is 6.33 Å². The molecule has 2 aromatic heterocycles. The average Bonchev–Trinajstić information content (AvgIpc) is 2.83. The second-order valence-electron chi connectivity index (χ2n) is 4.94. The first kappa shape index (κ1) is 13.5. The van der Waals surface area contributed by atoms with Crippen molar-refractivity contribution in [3.63, 3.8) is 0 Å². The van der Waals surface area contributed by atoms with E-state index in [1.54, 1.807) is 17.0 Å². The summed E-state index contributed by atoms with van der Waals surface area (Å²) < 4.78 is 14.9. The van der Waals surface area contributed by atoms with Crippen LogP contribution in [0, 0.1) is 5.82 Å². The third-order valence-corrected chi connectivity index (χ3v) is 3.26. The number of aryl methyl sites for hydroxylation is 1. The number of rotatable bonds is 4. The van der Waals surface area contributed by atoms with Crippen LogP contribution in [0.1, 0.15) is 24.7 Å². The van der Waals surface area contributed by atoms with E-state index in [1.807, 2.05) is 13.0 Å². The zero-order valence-corrected chi connectivity index (χ0v) is 11.6. The molecule has 0 unspecified atom stereocenters. The molecule has 2 heterocycles. The Balaban J connectivity index is 2.02. The van der Waals surface area contributed by atoms with Crippen LogP contribution in [-0.2, 0) is 13.0 Å². The molecular formula is C15H15FN4O. The number of aromatic nitrogens is 4. The van der Waals surface area contributed by atoms with E-state index in [4.69, 9.17) is 0 Å². The van der Waals surface area contributed by atoms with Gasteiger partial charge in [0.1, 0.15) is 11.6 Å². The fourth-order valence-electron chi connectivity index (χ4n) is 2.34. The van der Waals surface area contributed by atoms with Crippen LogP contribution in [0.3, 0.4) is 0 Å². The van der Waals surface area contributed by atoms with Crippen LogP contribution in [0.15, 0.2) is 35.4 Å². The van der Waals surface area contributed by atoms with Crippen molar-refractivity contribution in [3.8, 4) is 0 Å². The highest BCUT2D eigenvalue weighted by molar-refractivity contribution is 5.69. The third-order valence-electron chi connectivity index (χ3n) is 3.26. The molecule has 0 saturated carbocycles. The van der Waals surface area contributed by atoms with Crippen LogP contribution in [0.25, 0.3) is 11.2 Å². The quantitative estimate of drug-likeness (QED) is 0.800. The highest BCUT2D eigenvalue weighted by Crippen LogP contribution is 2.11. The summed E-state index contributed by atoms with van der Waals surface area (Å²) in [5, 5.41) is 0. The number of imidazole rings is 1. The van der Waals surface area contributed by atoms with Crippen molar-refractivity contribution in [2.24, 2.45) is 0 Å². The zero-order valence-electron chi connectivity index (χ0n) is 11.6. The van der Waals surface area contributed by atoms with Crippen molar-refractivity contribution in [2.45, 2.75) is 26.3 Å². The standard InChI is InChI=1S/C15H15FN4O/c1-2-4-12-18-14-13(15(21)19-12)20(9-17-14)8-10-5-3-6-11(16)7-10/h3,5-7,9H,2,4,8H2,1H3,(H,18,19,21). The monoisotopic (exact) mass is 286 g/mol. The van der Waals surface area contributed by atoms with Crippen LogP contribution >= 0.6 is 0 Å². The molecule has 0 bridgehead atoms. The number of hydrogen-bond donors (Lipinski definition) is 1. The Morgan fingerprint density at radius 3 is 3.00 bits per heavy atom. The highest BCUT2D eigenvalue weighted by Gasteiger charge is 2.10. The zero-order chi connectivity index (χ0) is 14.8. The van der Waals surface area contributed by atoms with Crippen molar-refractivity contribution >= 4 is 11.2 Å². The number of benzene rings is 1. The molecule has 0 amide bonds. The molecule has 1 aromatic carbocycles. The van der Waals surface area contributed by atoms with Gasteiger partial charge in [-0.3, -0.25) is 4.79 Å². The van der Waals surface area contributed by atoms with E-state index in [0.29, 0.717) is 30.0 Å². The first-order valence-electron chi connectivity index (χ1n) is 6.86. The van der Waals surface area contributed by atoms with Crippen LogP contribution in [0.2, 0.25) is 0 Å². The molecule has 0 aliphatic carbocycles. The first-order valence-corrected chi connectivity index (χ1v) is 6.86. The molecule has 0 aliphatic rings. The lowest BCUT2D eigenvalue weighted by Gasteiger charge is -2.04. The van der Waals surface area contributed by atoms with Gasteiger partial charge < -0.3 is 9.55 Å². The van der Waals surface area contributed by atoms with E-state index in [1.165, 1.54) is 12.1 Å². The van der Waals surface area contributed by atoms with Gasteiger partial charge in [0.15, 0.2) is 11.2 Å². The second-order valence-corrected chi connectivity index (χ2v) is 4.94. The lowest BCUT2D eigenvalue weighted by molar-refractivity contribution is 0.624. The minimum Gasteiger partial charge on any atom is -0.320 e. The van der Waals surface area contributed by atoms with Gasteiger partial charge in [-0.05, 0) is 24.1 Å². The first-order chi connectivity index (χ1) is 10.2. The summed E-state index contributed by atoms with van der Waals surface area (Å²) in [6.45, 7) is 2.40. The lowest BCUT2D eigenvalue weighted by Crippen LogP contribution is -2.15. The molecule has 3 rings (SSSR count). The van der Waals surface area contributed by atoms with Crippen molar-refractivity contribution in [1.29, 1.82) is 0 Å². The van der Waals surface area contributed by atoms with Gasteiger partial charge in [0.25, 0.3) is 5.56 Å². The van der Waals surface area contributed by atoms with Gasteiger partial charge in [-0.1, -0.05) is 19.1 Å². The van der Waals surface area contributed by atoms with Crippen LogP contribution in [-0.4, -0.2) is 19.5 Å². The Bertz CT molecular complexity index is 837. The minimum atomic E-state index is -0.297. The molecule has 21 heavy (non-hydrogen) atoms. The summed E-state index contributed by atoms with van der Waals surface area (Å²) in [6, 6.07) is 6.29. The Hall–Kier alpha value is -2.50. The molecule has 6 heteroatoms. The Morgan fingerprint density at radius 2 is 2.24 bits per heavy atom. The lowest BCUT2D eigenvalue weighted by atomic mass is 10.2. The minimum absolute atomic E-state index is 0.211. The fraction of sp³-hybridized carbons (Fsp3) is 0.267. The van der Waals surface area contributed by atoms with Gasteiger partial charge in [0.2, 0.25) is 0 Å². The maximum absolute atomic E-state index is 13.2. The SMILES string of the molecule is CCCc1nc2ncn(Cc3cccc(F)c3)c2c(=O)[nH]1. The largest absolute Gasteiger partial charge is 0.320 e. The van der Waals surface area contributed by atoms with Crippen molar-refractivity contribution < 1.29 is 4.39 Å². The third kappa shape index (κ3) is 2.69. The number of nitrogens with one attached hydrogen (secondary N) is 1. The number of aromatic amines is 1. The second kappa shape index (κ2) is 5.47. The predicted octanol–water partition coefficient (Wildman–Crippen LogP) is 2.26. The van der Waals surface area contributed by atoms with E-state index in [2.05, 4.69) is 15.0 Å². The van der Waals surface area contributed by atoms with Crippen molar-refractivity contribution in [2.75, 3.05) is 0 Å². The number of fused-ring (bicyclic) bond motifs is 1. The van der Waals surface area contributed by atoms with Gasteiger partial charge >= 0.3 is 0 Å². The summed E-state index contributed by atoms with van der Waals surface area (Å²) in [6.07, 6.45) is 3.17. The van der Waals surface area contributed by atoms with Crippen molar-refractivity contribution in [3.05, 3.63) is 58.2 Å². The Morgan fingerprint density at radius 1 is 1.38 bits per heavy atom. The molecule has 0 fully saturated rings. The van der Waals surface area contributed by atoms with Crippen LogP contribution in [0.4, 0.5) is 4.39 Å². The highest BCUT2D eigenvalue weighted by atomic mass is 19.1. The molecule has 108 valence electrons. The number of halogens is 1. The van der Waals surface area contributed by atoms with E-state index in [0.717, 1.165) is 12.0 Å². The summed E-state index contributed by atoms with van der Waals surface area (Å²) in [5.74, 6) is 0.347. The molecule has 1 N–H and O–H groups in total. The Labute approximate surface area is 120 Å². The van der Waals surface area contributed by atoms with Gasteiger partial charge in [-0.15, -0.1) is 0 Å². The van der Waals surface area contributed by atoms with Gasteiger partial charge in [-0.25, -0.2) is 14.4 Å². The molecular weight excluding hydrogens is 271 g/mol. The fourth-order valence-corrected chi connectivity index (χ4v) is 2.34. The maximum atomic E-state index is 13.2. The number of nitrogens with zero attached hydrogens (tertiary/aromatic N) is 3. The summed E-state index contributed by atoms with van der Waals surface area (Å²) >= 11 is 0. The number of hydrogen-bond acceptors (Lipinski definition) is 3. The van der Waals surface area contributed by atoms with E-state index >= 15 is 0 Å². The summed E-state index contributed by atoms with van der Waals surface area (Å²) in [7, 11) is 0. The smallest absolute Gasteiger partial charge is 0.277 e. The van der Waals surface area contributed by atoms with Gasteiger partial charge in [-0.2, -0.15) is 0 Å². The van der Waals surface area contributed by atoms with Crippen LogP contribution in [0.5, 0.6) is 0 Å². The molecule has 0 radical (unpaired) electrons. The maximum Gasteiger partial charge on any atom is 0.277 e. The number of H-pyrrole nitrogens is 1. The van der Waals surface area contributed by atoms with Gasteiger partial charge in [0, 0.05) is 13.0 Å². The van der Waals surface area contributed by atoms with E-state index in [-0.39, 0.29) is 11.4 Å². The molecule has 3 aromatic rings. The molecule has 0 saturated heterocycles. The topological polar surface area (TPSA) is 63.6 Å². The summed E-state index contributed by atoms with van der Waals surface area (Å²) in [5.41, 5.74) is 1.40. The normalized spacial score (nSPS) is 11.1. The molecule has 0 spiro atoms. The van der Waals surface area contributed by atoms with E-state index < -0.39 is 0 Å².